The third-order valence-corrected chi connectivity index (χ3v) is 5.62. The molecule has 7 nitrogen and oxygen atoms in total. The Morgan fingerprint density at radius 1 is 1.18 bits per heavy atom. The molecular weight excluding hydrogens is 352 g/mol. The second-order valence-electron chi connectivity index (χ2n) is 7.79. The second kappa shape index (κ2) is 8.82. The van der Waals surface area contributed by atoms with Gasteiger partial charge in [-0.15, -0.1) is 0 Å². The monoisotopic (exact) mass is 382 g/mol. The predicted molar refractivity (Wildman–Crippen MR) is 110 cm³/mol. The summed E-state index contributed by atoms with van der Waals surface area (Å²) < 4.78 is 5.48. The first-order valence-corrected chi connectivity index (χ1v) is 10.5. The SMILES string of the molecule is CCCc1cnc(C)nc1NC1CCN(c2nccc(C3CCOCC3)n2)C1. The molecule has 0 amide bonds. The van der Waals surface area contributed by atoms with Crippen LogP contribution >= 0.6 is 0 Å². The Morgan fingerprint density at radius 2 is 2.04 bits per heavy atom. The van der Waals surface area contributed by atoms with Crippen molar-refractivity contribution in [3.05, 3.63) is 35.5 Å². The van der Waals surface area contributed by atoms with Crippen LogP contribution in [0.15, 0.2) is 18.5 Å². The van der Waals surface area contributed by atoms with E-state index in [-0.39, 0.29) is 0 Å². The van der Waals surface area contributed by atoms with Gasteiger partial charge in [0.15, 0.2) is 0 Å². The van der Waals surface area contributed by atoms with Crippen molar-refractivity contribution in [2.45, 2.75) is 57.9 Å². The highest BCUT2D eigenvalue weighted by Crippen LogP contribution is 2.27. The van der Waals surface area contributed by atoms with E-state index in [4.69, 9.17) is 9.72 Å². The van der Waals surface area contributed by atoms with Gasteiger partial charge in [-0.05, 0) is 38.7 Å². The van der Waals surface area contributed by atoms with Crippen LogP contribution in [-0.2, 0) is 11.2 Å². The van der Waals surface area contributed by atoms with Crippen LogP contribution in [0.5, 0.6) is 0 Å². The quantitative estimate of drug-likeness (QED) is 0.822. The highest BCUT2D eigenvalue weighted by molar-refractivity contribution is 5.46. The number of rotatable bonds is 6. The molecule has 2 aliphatic rings. The van der Waals surface area contributed by atoms with Crippen LogP contribution < -0.4 is 10.2 Å². The summed E-state index contributed by atoms with van der Waals surface area (Å²) in [6, 6.07) is 2.41. The van der Waals surface area contributed by atoms with Gasteiger partial charge in [-0.2, -0.15) is 0 Å². The Morgan fingerprint density at radius 3 is 2.86 bits per heavy atom. The topological polar surface area (TPSA) is 76.1 Å². The van der Waals surface area contributed by atoms with E-state index >= 15 is 0 Å². The van der Waals surface area contributed by atoms with Gasteiger partial charge >= 0.3 is 0 Å². The highest BCUT2D eigenvalue weighted by atomic mass is 16.5. The van der Waals surface area contributed by atoms with Crippen molar-refractivity contribution in [2.75, 3.05) is 36.5 Å². The minimum atomic E-state index is 0.347. The molecule has 4 heterocycles. The van der Waals surface area contributed by atoms with Crippen LogP contribution in [0, 0.1) is 6.92 Å². The largest absolute Gasteiger partial charge is 0.381 e. The van der Waals surface area contributed by atoms with Gasteiger partial charge in [0, 0.05) is 61.9 Å². The van der Waals surface area contributed by atoms with E-state index in [1.54, 1.807) is 0 Å². The van der Waals surface area contributed by atoms with Gasteiger partial charge in [-0.25, -0.2) is 19.9 Å². The lowest BCUT2D eigenvalue weighted by molar-refractivity contribution is 0.0845. The van der Waals surface area contributed by atoms with Crippen LogP contribution in [0.2, 0.25) is 0 Å². The fourth-order valence-corrected chi connectivity index (χ4v) is 4.06. The summed E-state index contributed by atoms with van der Waals surface area (Å²) in [6.07, 6.45) is 9.10. The molecule has 0 spiro atoms. The number of aryl methyl sites for hydroxylation is 2. The molecular formula is C21H30N6O. The molecule has 4 rings (SSSR count). The van der Waals surface area contributed by atoms with Gasteiger partial charge in [0.25, 0.3) is 0 Å². The van der Waals surface area contributed by atoms with Gasteiger partial charge in [0.1, 0.15) is 11.6 Å². The molecule has 150 valence electrons. The molecule has 28 heavy (non-hydrogen) atoms. The highest BCUT2D eigenvalue weighted by Gasteiger charge is 2.26. The van der Waals surface area contributed by atoms with Crippen molar-refractivity contribution >= 4 is 11.8 Å². The van der Waals surface area contributed by atoms with Crippen molar-refractivity contribution in [1.29, 1.82) is 0 Å². The smallest absolute Gasteiger partial charge is 0.225 e. The second-order valence-corrected chi connectivity index (χ2v) is 7.79. The van der Waals surface area contributed by atoms with E-state index in [1.807, 2.05) is 19.3 Å². The van der Waals surface area contributed by atoms with E-state index in [2.05, 4.69) is 38.2 Å². The molecule has 0 bridgehead atoms. The third-order valence-electron chi connectivity index (χ3n) is 5.62. The van der Waals surface area contributed by atoms with E-state index < -0.39 is 0 Å². The Labute approximate surface area is 167 Å². The first-order valence-electron chi connectivity index (χ1n) is 10.5. The normalized spacial score (nSPS) is 20.5. The van der Waals surface area contributed by atoms with E-state index in [0.717, 1.165) is 81.7 Å². The van der Waals surface area contributed by atoms with Crippen molar-refractivity contribution in [2.24, 2.45) is 0 Å². The van der Waals surface area contributed by atoms with Crippen LogP contribution in [0.3, 0.4) is 0 Å². The summed E-state index contributed by atoms with van der Waals surface area (Å²) in [5, 5.41) is 3.65. The van der Waals surface area contributed by atoms with Crippen molar-refractivity contribution < 1.29 is 4.74 Å². The molecule has 0 aromatic carbocycles. The molecule has 2 fully saturated rings. The molecule has 0 aliphatic carbocycles. The number of nitrogens with zero attached hydrogens (tertiary/aromatic N) is 5. The lowest BCUT2D eigenvalue weighted by atomic mass is 9.96. The van der Waals surface area contributed by atoms with Crippen molar-refractivity contribution in [3.8, 4) is 0 Å². The standard InChI is InChI=1S/C21H30N6O/c1-3-4-17-13-23-15(2)24-20(17)25-18-6-10-27(14-18)21-22-9-5-19(26-21)16-7-11-28-12-8-16/h5,9,13,16,18H,3-4,6-8,10-12,14H2,1-2H3,(H,23,24,25). The van der Waals surface area contributed by atoms with Gasteiger partial charge in [-0.3, -0.25) is 0 Å². The molecule has 2 aromatic rings. The lowest BCUT2D eigenvalue weighted by Gasteiger charge is -2.23. The summed E-state index contributed by atoms with van der Waals surface area (Å²) in [5.41, 5.74) is 2.35. The molecule has 2 saturated heterocycles. The van der Waals surface area contributed by atoms with Crippen LogP contribution in [0.25, 0.3) is 0 Å². The average Bonchev–Trinajstić information content (AvgIpc) is 3.19. The molecule has 1 N–H and O–H groups in total. The predicted octanol–water partition coefficient (Wildman–Crippen LogP) is 3.11. The van der Waals surface area contributed by atoms with Crippen LogP contribution in [0.1, 0.15) is 55.6 Å². The third kappa shape index (κ3) is 4.41. The summed E-state index contributed by atoms with van der Waals surface area (Å²) in [5.74, 6) is 3.14. The van der Waals surface area contributed by atoms with Gasteiger partial charge in [0.05, 0.1) is 0 Å². The number of hydrogen-bond acceptors (Lipinski definition) is 7. The summed E-state index contributed by atoms with van der Waals surface area (Å²) in [4.78, 5) is 20.7. The zero-order valence-electron chi connectivity index (χ0n) is 16.9. The fraction of sp³-hybridized carbons (Fsp3) is 0.619. The number of ether oxygens (including phenoxy) is 1. The number of anilines is 2. The summed E-state index contributed by atoms with van der Waals surface area (Å²) >= 11 is 0. The summed E-state index contributed by atoms with van der Waals surface area (Å²) in [6.45, 7) is 7.64. The Hall–Kier alpha value is -2.28. The number of nitrogens with one attached hydrogen (secondary N) is 1. The number of hydrogen-bond donors (Lipinski definition) is 1. The van der Waals surface area contributed by atoms with Gasteiger partial charge < -0.3 is 15.0 Å². The first-order chi connectivity index (χ1) is 13.7. The van der Waals surface area contributed by atoms with Crippen LogP contribution in [0.4, 0.5) is 11.8 Å². The average molecular weight is 383 g/mol. The molecule has 1 atom stereocenters. The maximum absolute atomic E-state index is 5.48. The Balaban J connectivity index is 1.43. The minimum Gasteiger partial charge on any atom is -0.381 e. The maximum Gasteiger partial charge on any atom is 0.225 e. The van der Waals surface area contributed by atoms with E-state index in [9.17, 15) is 0 Å². The fourth-order valence-electron chi connectivity index (χ4n) is 4.06. The molecule has 2 aromatic heterocycles. The van der Waals surface area contributed by atoms with Crippen molar-refractivity contribution in [1.82, 2.24) is 19.9 Å². The molecule has 0 radical (unpaired) electrons. The van der Waals surface area contributed by atoms with Crippen molar-refractivity contribution in [3.63, 3.8) is 0 Å². The zero-order chi connectivity index (χ0) is 19.3. The van der Waals surface area contributed by atoms with Crippen LogP contribution in [-0.4, -0.2) is 52.3 Å². The first kappa shape index (κ1) is 19.1. The Bertz CT molecular complexity index is 792. The summed E-state index contributed by atoms with van der Waals surface area (Å²) in [7, 11) is 0. The van der Waals surface area contributed by atoms with Gasteiger partial charge in [-0.1, -0.05) is 13.3 Å². The van der Waals surface area contributed by atoms with Gasteiger partial charge in [0.2, 0.25) is 5.95 Å². The Kier molecular flexibility index (Phi) is 6.00. The lowest BCUT2D eigenvalue weighted by Crippen LogP contribution is -2.28. The van der Waals surface area contributed by atoms with E-state index in [1.165, 1.54) is 5.56 Å². The molecule has 2 aliphatic heterocycles. The maximum atomic E-state index is 5.48. The molecule has 7 heteroatoms. The molecule has 0 saturated carbocycles. The minimum absolute atomic E-state index is 0.347. The van der Waals surface area contributed by atoms with E-state index in [0.29, 0.717) is 12.0 Å². The zero-order valence-corrected chi connectivity index (χ0v) is 16.9. The number of aromatic nitrogens is 4. The molecule has 1 unspecified atom stereocenters.